The van der Waals surface area contributed by atoms with Crippen molar-refractivity contribution < 1.29 is 9.50 Å². The largest absolute Gasteiger partial charge is 0.393 e. The van der Waals surface area contributed by atoms with Gasteiger partial charge in [-0.05, 0) is 12.8 Å². The van der Waals surface area contributed by atoms with Gasteiger partial charge in [-0.1, -0.05) is 12.8 Å². The van der Waals surface area contributed by atoms with Crippen molar-refractivity contribution in [1.29, 1.82) is 0 Å². The first-order valence-corrected chi connectivity index (χ1v) is 3.61. The van der Waals surface area contributed by atoms with Crippen LogP contribution in [-0.4, -0.2) is 17.4 Å². The maximum atomic E-state index is 12.5. The van der Waals surface area contributed by atoms with Gasteiger partial charge < -0.3 is 5.11 Å². The zero-order valence-corrected chi connectivity index (χ0v) is 5.52. The van der Waals surface area contributed by atoms with Gasteiger partial charge in [-0.25, -0.2) is 4.39 Å². The van der Waals surface area contributed by atoms with Crippen molar-refractivity contribution in [3.63, 3.8) is 0 Å². The number of aliphatic hydroxyl groups is 1. The molecular formula is C7H13FO. The average molecular weight is 132 g/mol. The summed E-state index contributed by atoms with van der Waals surface area (Å²) in [5, 5.41) is 9.02. The normalized spacial score (nSPS) is 38.0. The van der Waals surface area contributed by atoms with Crippen LogP contribution in [-0.2, 0) is 0 Å². The Balaban J connectivity index is 2.29. The molecule has 1 unspecified atom stereocenters. The van der Waals surface area contributed by atoms with Crippen molar-refractivity contribution in [3.05, 3.63) is 0 Å². The summed E-state index contributed by atoms with van der Waals surface area (Å²) < 4.78 is 12.5. The first kappa shape index (κ1) is 7.00. The maximum absolute atomic E-state index is 12.5. The van der Waals surface area contributed by atoms with Gasteiger partial charge in [-0.15, -0.1) is 0 Å². The molecule has 0 saturated heterocycles. The van der Waals surface area contributed by atoms with E-state index in [1.165, 1.54) is 0 Å². The van der Waals surface area contributed by atoms with Gasteiger partial charge in [0.15, 0.2) is 0 Å². The fourth-order valence-corrected chi connectivity index (χ4v) is 1.28. The van der Waals surface area contributed by atoms with E-state index in [1.807, 2.05) is 0 Å². The Bertz CT molecular complexity index is 75.0. The summed E-state index contributed by atoms with van der Waals surface area (Å²) in [6.07, 6.45) is 2.61. The van der Waals surface area contributed by atoms with E-state index in [1.54, 1.807) is 0 Å². The lowest BCUT2D eigenvalue weighted by Gasteiger charge is -2.06. The molecule has 1 N–H and O–H groups in total. The smallest absolute Gasteiger partial charge is 0.103 e. The van der Waals surface area contributed by atoms with Crippen molar-refractivity contribution >= 4 is 0 Å². The van der Waals surface area contributed by atoms with Gasteiger partial charge in [-0.2, -0.15) is 0 Å². The number of rotatable bonds is 0. The molecule has 2 atom stereocenters. The molecule has 0 heterocycles. The molecule has 0 aromatic rings. The fraction of sp³-hybridized carbons (Fsp3) is 1.00. The third kappa shape index (κ3) is 2.31. The number of halogens is 1. The van der Waals surface area contributed by atoms with Crippen LogP contribution in [0.1, 0.15) is 32.1 Å². The lowest BCUT2D eigenvalue weighted by Crippen LogP contribution is -2.10. The summed E-state index contributed by atoms with van der Waals surface area (Å²) in [7, 11) is 0. The molecule has 0 aromatic heterocycles. The number of alkyl halides is 1. The van der Waals surface area contributed by atoms with Crippen LogP contribution in [0.25, 0.3) is 0 Å². The third-order valence-corrected chi connectivity index (χ3v) is 1.83. The maximum Gasteiger partial charge on any atom is 0.103 e. The second-order valence-electron chi connectivity index (χ2n) is 2.77. The topological polar surface area (TPSA) is 20.2 Å². The molecule has 0 aromatic carbocycles. The zero-order valence-electron chi connectivity index (χ0n) is 5.52. The minimum Gasteiger partial charge on any atom is -0.393 e. The molecule has 1 rings (SSSR count). The molecule has 1 aliphatic rings. The highest BCUT2D eigenvalue weighted by molar-refractivity contribution is 4.68. The van der Waals surface area contributed by atoms with Crippen LogP contribution in [0.15, 0.2) is 0 Å². The summed E-state index contributed by atoms with van der Waals surface area (Å²) in [4.78, 5) is 0. The van der Waals surface area contributed by atoms with E-state index in [-0.39, 0.29) is 6.10 Å². The first-order valence-electron chi connectivity index (χ1n) is 3.61. The second-order valence-corrected chi connectivity index (χ2v) is 2.77. The highest BCUT2D eigenvalue weighted by Gasteiger charge is 2.16. The monoisotopic (exact) mass is 132 g/mol. The molecule has 54 valence electrons. The van der Waals surface area contributed by atoms with Crippen molar-refractivity contribution in [1.82, 2.24) is 0 Å². The molecule has 0 radical (unpaired) electrons. The summed E-state index contributed by atoms with van der Waals surface area (Å²) in [5.41, 5.74) is 0. The van der Waals surface area contributed by atoms with E-state index in [4.69, 9.17) is 5.11 Å². The molecule has 2 heteroatoms. The Hall–Kier alpha value is -0.110. The number of hydrogen-bond acceptors (Lipinski definition) is 1. The lowest BCUT2D eigenvalue weighted by molar-refractivity contribution is 0.128. The molecule has 1 saturated carbocycles. The van der Waals surface area contributed by atoms with E-state index in [0.717, 1.165) is 19.3 Å². The number of hydrogen-bond donors (Lipinski definition) is 1. The molecule has 0 bridgehead atoms. The van der Waals surface area contributed by atoms with E-state index in [2.05, 4.69) is 0 Å². The van der Waals surface area contributed by atoms with Crippen molar-refractivity contribution in [2.45, 2.75) is 44.4 Å². The molecular weight excluding hydrogens is 119 g/mol. The van der Waals surface area contributed by atoms with Gasteiger partial charge in [0.1, 0.15) is 6.17 Å². The molecule has 1 fully saturated rings. The Kier molecular flexibility index (Phi) is 2.46. The predicted molar refractivity (Wildman–Crippen MR) is 34.0 cm³/mol. The van der Waals surface area contributed by atoms with Crippen LogP contribution >= 0.6 is 0 Å². The lowest BCUT2D eigenvalue weighted by atomic mass is 10.1. The molecule has 1 nitrogen and oxygen atoms in total. The minimum absolute atomic E-state index is 0.361. The van der Waals surface area contributed by atoms with E-state index >= 15 is 0 Å². The summed E-state index contributed by atoms with van der Waals surface area (Å²) in [5.74, 6) is 0. The SMILES string of the molecule is OC1CCCC[C@H](F)C1. The molecule has 0 spiro atoms. The molecule has 9 heavy (non-hydrogen) atoms. The summed E-state index contributed by atoms with van der Waals surface area (Å²) in [6, 6.07) is 0. The van der Waals surface area contributed by atoms with Crippen LogP contribution in [0.5, 0.6) is 0 Å². The van der Waals surface area contributed by atoms with Gasteiger partial charge in [0.25, 0.3) is 0 Å². The minimum atomic E-state index is -0.748. The second kappa shape index (κ2) is 3.16. The molecule has 0 aliphatic heterocycles. The third-order valence-electron chi connectivity index (χ3n) is 1.83. The zero-order chi connectivity index (χ0) is 6.69. The van der Waals surface area contributed by atoms with Gasteiger partial charge >= 0.3 is 0 Å². The van der Waals surface area contributed by atoms with E-state index in [0.29, 0.717) is 12.8 Å². The quantitative estimate of drug-likeness (QED) is 0.497. The van der Waals surface area contributed by atoms with Gasteiger partial charge in [0.2, 0.25) is 0 Å². The van der Waals surface area contributed by atoms with E-state index < -0.39 is 6.17 Å². The van der Waals surface area contributed by atoms with Crippen molar-refractivity contribution in [2.75, 3.05) is 0 Å². The Morgan fingerprint density at radius 2 is 1.89 bits per heavy atom. The summed E-state index contributed by atoms with van der Waals surface area (Å²) >= 11 is 0. The Morgan fingerprint density at radius 1 is 1.22 bits per heavy atom. The first-order chi connectivity index (χ1) is 4.29. The highest BCUT2D eigenvalue weighted by atomic mass is 19.1. The summed E-state index contributed by atoms with van der Waals surface area (Å²) in [6.45, 7) is 0. The number of aliphatic hydroxyl groups excluding tert-OH is 1. The molecule has 0 amide bonds. The average Bonchev–Trinajstić information content (AvgIpc) is 1.93. The van der Waals surface area contributed by atoms with Crippen LogP contribution in [0, 0.1) is 0 Å². The standard InChI is InChI=1S/C7H13FO/c8-6-3-1-2-4-7(9)5-6/h6-7,9H,1-5H2/t6-,7?/m0/s1. The van der Waals surface area contributed by atoms with Crippen LogP contribution in [0.2, 0.25) is 0 Å². The van der Waals surface area contributed by atoms with Gasteiger partial charge in [-0.3, -0.25) is 0 Å². The van der Waals surface area contributed by atoms with Gasteiger partial charge in [0, 0.05) is 6.42 Å². The highest BCUT2D eigenvalue weighted by Crippen LogP contribution is 2.19. The van der Waals surface area contributed by atoms with Crippen LogP contribution < -0.4 is 0 Å². The van der Waals surface area contributed by atoms with E-state index in [9.17, 15) is 4.39 Å². The van der Waals surface area contributed by atoms with Crippen LogP contribution in [0.3, 0.4) is 0 Å². The molecule has 1 aliphatic carbocycles. The van der Waals surface area contributed by atoms with Crippen molar-refractivity contribution in [2.24, 2.45) is 0 Å². The predicted octanol–water partition coefficient (Wildman–Crippen LogP) is 1.65. The van der Waals surface area contributed by atoms with Gasteiger partial charge in [0.05, 0.1) is 6.10 Å². The van der Waals surface area contributed by atoms with Crippen LogP contribution in [0.4, 0.5) is 4.39 Å². The fourth-order valence-electron chi connectivity index (χ4n) is 1.28. The Morgan fingerprint density at radius 3 is 2.67 bits per heavy atom. The van der Waals surface area contributed by atoms with Crippen molar-refractivity contribution in [3.8, 4) is 0 Å². The Labute approximate surface area is 54.9 Å².